The number of phenolic OH excluding ortho intramolecular Hbond substituents is 4. The van der Waals surface area contributed by atoms with Crippen molar-refractivity contribution in [1.82, 2.24) is 0 Å². The first-order valence-corrected chi connectivity index (χ1v) is 10.8. The molecule has 3 aromatic carbocycles. The third-order valence-electron chi connectivity index (χ3n) is 5.59. The van der Waals surface area contributed by atoms with Crippen LogP contribution in [0.2, 0.25) is 0 Å². The fraction of sp³-hybridized carbons (Fsp3) is 0.192. The third-order valence-corrected chi connectivity index (χ3v) is 5.59. The number of aliphatic hydroxyl groups excluding tert-OH is 1. The summed E-state index contributed by atoms with van der Waals surface area (Å²) in [6.45, 7) is -0.369. The second kappa shape index (κ2) is 9.96. The van der Waals surface area contributed by atoms with Crippen molar-refractivity contribution in [3.05, 3.63) is 65.2 Å². The molecule has 3 aromatic rings. The molecule has 4 rings (SSSR count). The van der Waals surface area contributed by atoms with Crippen LogP contribution >= 0.6 is 0 Å². The van der Waals surface area contributed by atoms with E-state index in [1.165, 1.54) is 26.4 Å². The van der Waals surface area contributed by atoms with Gasteiger partial charge in [-0.1, -0.05) is 12.1 Å². The van der Waals surface area contributed by atoms with Gasteiger partial charge in [-0.05, 0) is 35.9 Å². The molecule has 0 saturated carbocycles. The lowest BCUT2D eigenvalue weighted by atomic mass is 10.0. The summed E-state index contributed by atoms with van der Waals surface area (Å²) >= 11 is 0. The number of ether oxygens (including phenoxy) is 4. The van der Waals surface area contributed by atoms with Gasteiger partial charge >= 0.3 is 0 Å². The molecule has 1 heterocycles. The Morgan fingerprint density at radius 3 is 2.25 bits per heavy atom. The Kier molecular flexibility index (Phi) is 6.80. The van der Waals surface area contributed by atoms with E-state index < -0.39 is 29.5 Å². The van der Waals surface area contributed by atoms with E-state index in [4.69, 9.17) is 18.9 Å². The molecule has 0 fully saturated rings. The second-order valence-electron chi connectivity index (χ2n) is 7.92. The first kappa shape index (κ1) is 24.6. The van der Waals surface area contributed by atoms with Crippen LogP contribution in [0.4, 0.5) is 0 Å². The zero-order valence-electron chi connectivity index (χ0n) is 19.3. The highest BCUT2D eigenvalue weighted by atomic mass is 16.6. The Morgan fingerprint density at radius 1 is 0.917 bits per heavy atom. The molecule has 0 aliphatic carbocycles. The molecule has 2 atom stereocenters. The number of benzene rings is 3. The number of hydrogen-bond acceptors (Lipinski definition) is 10. The summed E-state index contributed by atoms with van der Waals surface area (Å²) in [5, 5.41) is 49.2. The molecule has 0 unspecified atom stereocenters. The minimum absolute atomic E-state index is 0.0524. The molecule has 0 spiro atoms. The number of rotatable bonds is 7. The van der Waals surface area contributed by atoms with Gasteiger partial charge in [-0.2, -0.15) is 0 Å². The molecule has 10 heteroatoms. The van der Waals surface area contributed by atoms with Crippen LogP contribution in [0.1, 0.15) is 27.6 Å². The lowest BCUT2D eigenvalue weighted by Gasteiger charge is -2.34. The molecule has 0 saturated heterocycles. The maximum absolute atomic E-state index is 12.6. The van der Waals surface area contributed by atoms with Gasteiger partial charge in [0.2, 0.25) is 5.75 Å². The molecule has 1 aliphatic rings. The number of fused-ring (bicyclic) bond motifs is 1. The zero-order chi connectivity index (χ0) is 26.0. The summed E-state index contributed by atoms with van der Waals surface area (Å²) in [7, 11) is 2.84. The van der Waals surface area contributed by atoms with E-state index in [0.29, 0.717) is 11.1 Å². The van der Waals surface area contributed by atoms with Crippen LogP contribution in [-0.2, 0) is 0 Å². The molecule has 0 radical (unpaired) electrons. The predicted octanol–water partition coefficient (Wildman–Crippen LogP) is 3.30. The number of allylic oxidation sites excluding steroid dienone is 1. The smallest absolute Gasteiger partial charge is 0.204 e. The SMILES string of the molecule is COc1cc([C@H]2Oc3cc(/C=C/C(=O)c4c(O)cc(O)cc4O)cc(OC)c3O[C@@H]2CO)ccc1O. The number of hydrogen-bond donors (Lipinski definition) is 5. The normalized spacial score (nSPS) is 16.6. The van der Waals surface area contributed by atoms with Crippen LogP contribution in [0.25, 0.3) is 6.08 Å². The number of aromatic hydroxyl groups is 4. The molecule has 5 N–H and O–H groups in total. The van der Waals surface area contributed by atoms with Crippen molar-refractivity contribution < 1.29 is 49.3 Å². The number of phenols is 4. The summed E-state index contributed by atoms with van der Waals surface area (Å²) in [5.41, 5.74) is 0.702. The first-order chi connectivity index (χ1) is 17.2. The number of carbonyl (C=O) groups excluding carboxylic acids is 1. The highest BCUT2D eigenvalue weighted by Gasteiger charge is 2.35. The number of carbonyl (C=O) groups is 1. The summed E-state index contributed by atoms with van der Waals surface area (Å²) in [4.78, 5) is 12.6. The quantitative estimate of drug-likeness (QED) is 0.243. The van der Waals surface area contributed by atoms with E-state index in [0.717, 1.165) is 18.2 Å². The van der Waals surface area contributed by atoms with Crippen LogP contribution in [-0.4, -0.2) is 58.2 Å². The number of methoxy groups -OCH3 is 2. The Labute approximate surface area is 205 Å². The summed E-state index contributed by atoms with van der Waals surface area (Å²) in [6, 6.07) is 9.72. The lowest BCUT2D eigenvalue weighted by Crippen LogP contribution is -2.36. The second-order valence-corrected chi connectivity index (χ2v) is 7.92. The van der Waals surface area contributed by atoms with E-state index in [1.807, 2.05) is 0 Å². The third kappa shape index (κ3) is 4.66. The topological polar surface area (TPSA) is 155 Å². The molecule has 188 valence electrons. The van der Waals surface area contributed by atoms with Gasteiger partial charge in [0.25, 0.3) is 0 Å². The van der Waals surface area contributed by atoms with Crippen LogP contribution in [0.15, 0.2) is 48.5 Å². The highest BCUT2D eigenvalue weighted by molar-refractivity contribution is 6.10. The van der Waals surface area contributed by atoms with Crippen molar-refractivity contribution in [2.24, 2.45) is 0 Å². The number of ketones is 1. The minimum Gasteiger partial charge on any atom is -0.508 e. The molecule has 0 bridgehead atoms. The van der Waals surface area contributed by atoms with Gasteiger partial charge in [-0.15, -0.1) is 0 Å². The van der Waals surface area contributed by atoms with E-state index in [9.17, 15) is 30.3 Å². The van der Waals surface area contributed by atoms with Gasteiger partial charge in [0.05, 0.1) is 20.8 Å². The standard InChI is InChI=1S/C26H24O10/c1-33-20-9-14(4-6-16(20)29)25-23(12-27)36-26-21(34-2)7-13(8-22(26)35-25)3-5-17(30)24-18(31)10-15(28)11-19(24)32/h3-11,23,25,27-29,31-32H,12H2,1-2H3/b5-3+/t23-,25-/m1/s1. The maximum Gasteiger partial charge on any atom is 0.204 e. The minimum atomic E-state index is -0.788. The van der Waals surface area contributed by atoms with Crippen LogP contribution in [0.5, 0.6) is 46.0 Å². The van der Waals surface area contributed by atoms with Gasteiger partial charge in [0, 0.05) is 17.7 Å². The van der Waals surface area contributed by atoms with Gasteiger partial charge in [0.15, 0.2) is 41.0 Å². The van der Waals surface area contributed by atoms with Crippen molar-refractivity contribution in [2.75, 3.05) is 20.8 Å². The maximum atomic E-state index is 12.6. The van der Waals surface area contributed by atoms with Gasteiger partial charge < -0.3 is 44.5 Å². The summed E-state index contributed by atoms with van der Waals surface area (Å²) in [5.74, 6) is -1.22. The average molecular weight is 496 g/mol. The molecule has 1 aliphatic heterocycles. The Bertz CT molecular complexity index is 1310. The Balaban J connectivity index is 1.68. The number of aliphatic hydroxyl groups is 1. The van der Waals surface area contributed by atoms with E-state index in [-0.39, 0.29) is 46.7 Å². The average Bonchev–Trinajstić information content (AvgIpc) is 2.85. The molecule has 0 amide bonds. The molecule has 10 nitrogen and oxygen atoms in total. The van der Waals surface area contributed by atoms with E-state index in [1.54, 1.807) is 24.3 Å². The Morgan fingerprint density at radius 2 is 1.61 bits per heavy atom. The van der Waals surface area contributed by atoms with Crippen molar-refractivity contribution in [3.63, 3.8) is 0 Å². The van der Waals surface area contributed by atoms with Gasteiger partial charge in [0.1, 0.15) is 22.8 Å². The monoisotopic (exact) mass is 496 g/mol. The van der Waals surface area contributed by atoms with Crippen LogP contribution in [0.3, 0.4) is 0 Å². The van der Waals surface area contributed by atoms with E-state index >= 15 is 0 Å². The van der Waals surface area contributed by atoms with Crippen molar-refractivity contribution >= 4 is 11.9 Å². The summed E-state index contributed by atoms with van der Waals surface area (Å²) < 4.78 is 22.7. The van der Waals surface area contributed by atoms with Crippen molar-refractivity contribution in [2.45, 2.75) is 12.2 Å². The lowest BCUT2D eigenvalue weighted by molar-refractivity contribution is -0.0141. The van der Waals surface area contributed by atoms with Crippen LogP contribution < -0.4 is 18.9 Å². The highest BCUT2D eigenvalue weighted by Crippen LogP contribution is 2.47. The van der Waals surface area contributed by atoms with Crippen molar-refractivity contribution in [1.29, 1.82) is 0 Å². The fourth-order valence-corrected chi connectivity index (χ4v) is 3.87. The van der Waals surface area contributed by atoms with E-state index in [2.05, 4.69) is 0 Å². The molecular weight excluding hydrogens is 472 g/mol. The molecule has 0 aromatic heterocycles. The summed E-state index contributed by atoms with van der Waals surface area (Å²) in [6.07, 6.45) is 1.02. The molecular formula is C26H24O10. The Hall–Kier alpha value is -4.57. The predicted molar refractivity (Wildman–Crippen MR) is 127 cm³/mol. The molecule has 36 heavy (non-hydrogen) atoms. The van der Waals surface area contributed by atoms with Crippen LogP contribution in [0, 0.1) is 0 Å². The van der Waals surface area contributed by atoms with Crippen molar-refractivity contribution in [3.8, 4) is 46.0 Å². The first-order valence-electron chi connectivity index (χ1n) is 10.8. The van der Waals surface area contributed by atoms with Gasteiger partial charge in [-0.25, -0.2) is 0 Å². The zero-order valence-corrected chi connectivity index (χ0v) is 19.3. The fourth-order valence-electron chi connectivity index (χ4n) is 3.87. The van der Waals surface area contributed by atoms with Gasteiger partial charge in [-0.3, -0.25) is 4.79 Å². The largest absolute Gasteiger partial charge is 0.508 e.